The average molecular weight is 405 g/mol. The molecule has 0 spiro atoms. The van der Waals surface area contributed by atoms with Crippen LogP contribution in [0.2, 0.25) is 0 Å². The fourth-order valence-electron chi connectivity index (χ4n) is 3.64. The number of hydrogen-bond acceptors (Lipinski definition) is 4. The van der Waals surface area contributed by atoms with E-state index in [-0.39, 0.29) is 17.9 Å². The second-order valence-electron chi connectivity index (χ2n) is 7.69. The van der Waals surface area contributed by atoms with E-state index in [2.05, 4.69) is 10.4 Å². The lowest BCUT2D eigenvalue weighted by Gasteiger charge is -2.31. The predicted octanol–water partition coefficient (Wildman–Crippen LogP) is 3.12. The van der Waals surface area contributed by atoms with Crippen molar-refractivity contribution in [1.82, 2.24) is 14.1 Å². The first-order valence-corrected chi connectivity index (χ1v) is 11.1. The summed E-state index contributed by atoms with van der Waals surface area (Å²) in [5.41, 5.74) is 1.79. The van der Waals surface area contributed by atoms with E-state index in [9.17, 15) is 13.2 Å². The predicted molar refractivity (Wildman–Crippen MR) is 109 cm³/mol. The van der Waals surface area contributed by atoms with Gasteiger partial charge in [-0.2, -0.15) is 9.40 Å². The number of nitrogens with one attached hydrogen (secondary N) is 1. The van der Waals surface area contributed by atoms with Crippen molar-refractivity contribution < 1.29 is 13.2 Å². The van der Waals surface area contributed by atoms with Gasteiger partial charge in [0.2, 0.25) is 15.9 Å². The molecule has 1 N–H and O–H groups in total. The summed E-state index contributed by atoms with van der Waals surface area (Å²) in [5.74, 6) is 0.386. The normalized spacial score (nSPS) is 16.5. The van der Waals surface area contributed by atoms with Crippen LogP contribution in [0.4, 0.5) is 5.82 Å². The molecule has 1 amide bonds. The number of carbonyl (C=O) groups is 1. The number of carbonyl (C=O) groups excluding carboxylic acids is 1. The molecule has 28 heavy (non-hydrogen) atoms. The number of piperidine rings is 1. The Labute approximate surface area is 166 Å². The molecule has 1 aromatic heterocycles. The number of amides is 1. The van der Waals surface area contributed by atoms with E-state index in [0.717, 1.165) is 11.1 Å². The maximum absolute atomic E-state index is 13.0. The Hall–Kier alpha value is -2.19. The second kappa shape index (κ2) is 8.05. The van der Waals surface area contributed by atoms with Crippen LogP contribution in [-0.2, 0) is 14.8 Å². The van der Waals surface area contributed by atoms with Gasteiger partial charge in [-0.1, -0.05) is 17.7 Å². The maximum Gasteiger partial charge on any atom is 0.243 e. The lowest BCUT2D eigenvalue weighted by Crippen LogP contribution is -2.41. The summed E-state index contributed by atoms with van der Waals surface area (Å²) in [7, 11) is -3.54. The molecule has 2 aromatic rings. The third-order valence-electron chi connectivity index (χ3n) is 5.18. The molecule has 7 nitrogen and oxygen atoms in total. The molecule has 1 fully saturated rings. The van der Waals surface area contributed by atoms with Gasteiger partial charge in [0, 0.05) is 31.1 Å². The summed E-state index contributed by atoms with van der Waals surface area (Å²) < 4.78 is 29.2. The van der Waals surface area contributed by atoms with E-state index < -0.39 is 10.0 Å². The zero-order valence-corrected chi connectivity index (χ0v) is 17.7. The molecule has 0 aliphatic carbocycles. The van der Waals surface area contributed by atoms with Crippen LogP contribution in [0, 0.1) is 19.8 Å². The molecule has 0 atom stereocenters. The molecule has 3 rings (SSSR count). The molecule has 1 saturated heterocycles. The highest BCUT2D eigenvalue weighted by atomic mass is 32.2. The first-order valence-electron chi connectivity index (χ1n) is 9.62. The van der Waals surface area contributed by atoms with Gasteiger partial charge in [0.1, 0.15) is 5.82 Å². The van der Waals surface area contributed by atoms with Gasteiger partial charge >= 0.3 is 0 Å². The summed E-state index contributed by atoms with van der Waals surface area (Å²) in [5, 5.41) is 7.16. The highest BCUT2D eigenvalue weighted by Gasteiger charge is 2.33. The van der Waals surface area contributed by atoms with Crippen LogP contribution in [0.5, 0.6) is 0 Å². The quantitative estimate of drug-likeness (QED) is 0.830. The summed E-state index contributed by atoms with van der Waals surface area (Å²) in [6.07, 6.45) is 2.67. The molecule has 0 unspecified atom stereocenters. The minimum Gasteiger partial charge on any atom is -0.311 e. The van der Waals surface area contributed by atoms with Crippen LogP contribution in [-0.4, -0.2) is 41.5 Å². The van der Waals surface area contributed by atoms with Gasteiger partial charge in [-0.25, -0.2) is 13.1 Å². The van der Waals surface area contributed by atoms with Crippen molar-refractivity contribution in [3.63, 3.8) is 0 Å². The highest BCUT2D eigenvalue weighted by Crippen LogP contribution is 2.27. The number of benzene rings is 1. The minimum atomic E-state index is -3.54. The SMILES string of the molecule is Cc1ccc(S(=O)(=O)N2CCC(C(=O)Nc3ccnn3C(C)C)CC2)c(C)c1. The highest BCUT2D eigenvalue weighted by molar-refractivity contribution is 7.89. The third kappa shape index (κ3) is 4.12. The van der Waals surface area contributed by atoms with Crippen LogP contribution in [0.15, 0.2) is 35.4 Å². The largest absolute Gasteiger partial charge is 0.311 e. The molecular weight excluding hydrogens is 376 g/mol. The number of hydrogen-bond donors (Lipinski definition) is 1. The van der Waals surface area contributed by atoms with Crippen molar-refractivity contribution in [1.29, 1.82) is 0 Å². The molecule has 0 bridgehead atoms. The summed E-state index contributed by atoms with van der Waals surface area (Å²) in [6, 6.07) is 7.29. The fraction of sp³-hybridized carbons (Fsp3) is 0.500. The zero-order chi connectivity index (χ0) is 20.5. The average Bonchev–Trinajstić information content (AvgIpc) is 3.10. The number of nitrogens with zero attached hydrogens (tertiary/aromatic N) is 3. The minimum absolute atomic E-state index is 0.0778. The molecule has 8 heteroatoms. The standard InChI is InChI=1S/C20H28N4O3S/c1-14(2)24-19(7-10-21-24)22-20(25)17-8-11-23(12-9-17)28(26,27)18-6-5-15(3)13-16(18)4/h5-7,10,13-14,17H,8-9,11-12H2,1-4H3,(H,22,25). The first-order chi connectivity index (χ1) is 13.2. The lowest BCUT2D eigenvalue weighted by molar-refractivity contribution is -0.121. The van der Waals surface area contributed by atoms with Crippen molar-refractivity contribution in [2.24, 2.45) is 5.92 Å². The molecule has 152 valence electrons. The smallest absolute Gasteiger partial charge is 0.243 e. The van der Waals surface area contributed by atoms with Crippen LogP contribution in [0.25, 0.3) is 0 Å². The van der Waals surface area contributed by atoms with Gasteiger partial charge in [-0.3, -0.25) is 4.79 Å². The first kappa shape index (κ1) is 20.5. The van der Waals surface area contributed by atoms with Crippen molar-refractivity contribution in [3.8, 4) is 0 Å². The van der Waals surface area contributed by atoms with E-state index in [1.807, 2.05) is 39.8 Å². The molecular formula is C20H28N4O3S. The molecule has 0 radical (unpaired) electrons. The molecule has 2 heterocycles. The van der Waals surface area contributed by atoms with E-state index in [4.69, 9.17) is 0 Å². The van der Waals surface area contributed by atoms with Crippen molar-refractivity contribution in [2.45, 2.75) is 51.5 Å². The van der Waals surface area contributed by atoms with E-state index in [0.29, 0.717) is 36.6 Å². The molecule has 1 aromatic carbocycles. The van der Waals surface area contributed by atoms with Crippen molar-refractivity contribution in [3.05, 3.63) is 41.6 Å². The Morgan fingerprint density at radius 2 is 1.86 bits per heavy atom. The van der Waals surface area contributed by atoms with Crippen LogP contribution in [0.3, 0.4) is 0 Å². The summed E-state index contributed by atoms with van der Waals surface area (Å²) in [6.45, 7) is 8.45. The summed E-state index contributed by atoms with van der Waals surface area (Å²) >= 11 is 0. The van der Waals surface area contributed by atoms with Gasteiger partial charge < -0.3 is 5.32 Å². The van der Waals surface area contributed by atoms with E-state index >= 15 is 0 Å². The van der Waals surface area contributed by atoms with Gasteiger partial charge in [0.25, 0.3) is 0 Å². The number of sulfonamides is 1. The molecule has 0 saturated carbocycles. The Kier molecular flexibility index (Phi) is 5.90. The molecule has 1 aliphatic heterocycles. The fourth-order valence-corrected chi connectivity index (χ4v) is 5.31. The number of aryl methyl sites for hydroxylation is 2. The van der Waals surface area contributed by atoms with Crippen molar-refractivity contribution >= 4 is 21.7 Å². The Balaban J connectivity index is 1.65. The molecule has 1 aliphatic rings. The van der Waals surface area contributed by atoms with Gasteiger partial charge in [-0.15, -0.1) is 0 Å². The number of aromatic nitrogens is 2. The Morgan fingerprint density at radius 3 is 2.46 bits per heavy atom. The van der Waals surface area contributed by atoms with Crippen LogP contribution in [0.1, 0.15) is 43.9 Å². The number of rotatable bonds is 5. The zero-order valence-electron chi connectivity index (χ0n) is 16.8. The topological polar surface area (TPSA) is 84.3 Å². The maximum atomic E-state index is 13.0. The third-order valence-corrected chi connectivity index (χ3v) is 7.24. The van der Waals surface area contributed by atoms with Gasteiger partial charge in [0.05, 0.1) is 11.1 Å². The summed E-state index contributed by atoms with van der Waals surface area (Å²) in [4.78, 5) is 13.0. The van der Waals surface area contributed by atoms with Gasteiger partial charge in [-0.05, 0) is 52.2 Å². The lowest BCUT2D eigenvalue weighted by atomic mass is 9.97. The second-order valence-corrected chi connectivity index (χ2v) is 9.60. The van der Waals surface area contributed by atoms with E-state index in [1.54, 1.807) is 23.0 Å². The van der Waals surface area contributed by atoms with Crippen LogP contribution >= 0.6 is 0 Å². The Bertz CT molecular complexity index is 958. The van der Waals surface area contributed by atoms with Crippen LogP contribution < -0.4 is 5.32 Å². The van der Waals surface area contributed by atoms with Gasteiger partial charge in [0.15, 0.2) is 0 Å². The Morgan fingerprint density at radius 1 is 1.18 bits per heavy atom. The van der Waals surface area contributed by atoms with E-state index in [1.165, 1.54) is 4.31 Å². The number of anilines is 1. The monoisotopic (exact) mass is 404 g/mol. The van der Waals surface area contributed by atoms with Crippen molar-refractivity contribution in [2.75, 3.05) is 18.4 Å².